The van der Waals surface area contributed by atoms with Crippen molar-refractivity contribution in [3.05, 3.63) is 38.9 Å². The predicted octanol–water partition coefficient (Wildman–Crippen LogP) is 1.47. The molecule has 1 rings (SSSR count). The Morgan fingerprint density at radius 3 is 2.83 bits per heavy atom. The number of nitrogens with zero attached hydrogens (tertiary/aromatic N) is 1. The number of hydrogen-bond acceptors (Lipinski definition) is 4. The van der Waals surface area contributed by atoms with Gasteiger partial charge in [0, 0.05) is 29.7 Å². The van der Waals surface area contributed by atoms with Crippen molar-refractivity contribution in [2.75, 3.05) is 13.1 Å². The number of nitrogens with one attached hydrogen (secondary N) is 2. The van der Waals surface area contributed by atoms with Gasteiger partial charge in [-0.05, 0) is 19.1 Å². The fourth-order valence-corrected chi connectivity index (χ4v) is 1.59. The van der Waals surface area contributed by atoms with Gasteiger partial charge in [0.1, 0.15) is 0 Å². The van der Waals surface area contributed by atoms with Crippen molar-refractivity contribution >= 4 is 23.2 Å². The van der Waals surface area contributed by atoms with Gasteiger partial charge in [0.2, 0.25) is 5.91 Å². The minimum absolute atomic E-state index is 0.0501. The number of halogens is 1. The molecule has 0 aliphatic carbocycles. The Hall–Kier alpha value is -1.66. The SMILES string of the molecule is CCNC(=O)CNCc1ccc(Cl)cc1[N+](=O)[O-]. The molecule has 6 nitrogen and oxygen atoms in total. The van der Waals surface area contributed by atoms with E-state index in [9.17, 15) is 14.9 Å². The fourth-order valence-electron chi connectivity index (χ4n) is 1.43. The monoisotopic (exact) mass is 271 g/mol. The molecule has 0 saturated heterocycles. The van der Waals surface area contributed by atoms with Crippen LogP contribution < -0.4 is 10.6 Å². The molecule has 0 fully saturated rings. The molecule has 98 valence electrons. The maximum Gasteiger partial charge on any atom is 0.275 e. The summed E-state index contributed by atoms with van der Waals surface area (Å²) in [5, 5.41) is 16.6. The second-order valence-electron chi connectivity index (χ2n) is 3.59. The minimum atomic E-state index is -0.491. The standard InChI is InChI=1S/C11H14ClN3O3/c1-2-14-11(16)7-13-6-8-3-4-9(12)5-10(8)15(17)18/h3-5,13H,2,6-7H2,1H3,(H,14,16). The number of carbonyl (C=O) groups excluding carboxylic acids is 1. The van der Waals surface area contributed by atoms with E-state index in [2.05, 4.69) is 10.6 Å². The molecule has 0 aliphatic rings. The summed E-state index contributed by atoms with van der Waals surface area (Å²) in [5.41, 5.74) is 0.444. The molecule has 18 heavy (non-hydrogen) atoms. The highest BCUT2D eigenvalue weighted by Crippen LogP contribution is 2.22. The van der Waals surface area contributed by atoms with E-state index in [-0.39, 0.29) is 24.7 Å². The number of carbonyl (C=O) groups is 1. The molecule has 0 atom stereocenters. The molecular weight excluding hydrogens is 258 g/mol. The lowest BCUT2D eigenvalue weighted by Gasteiger charge is -2.06. The third-order valence-corrected chi connectivity index (χ3v) is 2.45. The molecule has 2 N–H and O–H groups in total. The third-order valence-electron chi connectivity index (χ3n) is 2.22. The maximum absolute atomic E-state index is 11.2. The highest BCUT2D eigenvalue weighted by Gasteiger charge is 2.13. The van der Waals surface area contributed by atoms with Crippen LogP contribution in [0.15, 0.2) is 18.2 Å². The first-order valence-corrected chi connectivity index (χ1v) is 5.82. The van der Waals surface area contributed by atoms with Crippen LogP contribution in [0.25, 0.3) is 0 Å². The Labute approximate surface area is 109 Å². The Morgan fingerprint density at radius 2 is 2.22 bits per heavy atom. The molecule has 1 aromatic carbocycles. The number of rotatable bonds is 6. The second-order valence-corrected chi connectivity index (χ2v) is 4.02. The van der Waals surface area contributed by atoms with Crippen molar-refractivity contribution in [3.63, 3.8) is 0 Å². The lowest BCUT2D eigenvalue weighted by atomic mass is 10.2. The lowest BCUT2D eigenvalue weighted by molar-refractivity contribution is -0.385. The van der Waals surface area contributed by atoms with Crippen LogP contribution in [0.1, 0.15) is 12.5 Å². The molecule has 0 unspecified atom stereocenters. The third kappa shape index (κ3) is 4.31. The Kier molecular flexibility index (Phi) is 5.54. The van der Waals surface area contributed by atoms with Crippen molar-refractivity contribution in [3.8, 4) is 0 Å². The molecule has 1 amide bonds. The van der Waals surface area contributed by atoms with Crippen LogP contribution in [0.4, 0.5) is 5.69 Å². The number of benzene rings is 1. The van der Waals surface area contributed by atoms with Gasteiger partial charge in [-0.3, -0.25) is 14.9 Å². The lowest BCUT2D eigenvalue weighted by Crippen LogP contribution is -2.33. The summed E-state index contributed by atoms with van der Waals surface area (Å²) in [7, 11) is 0. The molecule has 0 radical (unpaired) electrons. The van der Waals surface area contributed by atoms with Gasteiger partial charge in [-0.25, -0.2) is 0 Å². The van der Waals surface area contributed by atoms with Gasteiger partial charge in [-0.1, -0.05) is 11.6 Å². The van der Waals surface area contributed by atoms with Crippen LogP contribution in [-0.4, -0.2) is 23.9 Å². The first-order chi connectivity index (χ1) is 8.54. The zero-order valence-electron chi connectivity index (χ0n) is 9.90. The van der Waals surface area contributed by atoms with Gasteiger partial charge >= 0.3 is 0 Å². The second kappa shape index (κ2) is 6.93. The minimum Gasteiger partial charge on any atom is -0.355 e. The topological polar surface area (TPSA) is 84.3 Å². The number of hydrogen-bond donors (Lipinski definition) is 2. The molecule has 1 aromatic rings. The van der Waals surface area contributed by atoms with Crippen LogP contribution in [0, 0.1) is 10.1 Å². The Morgan fingerprint density at radius 1 is 1.50 bits per heavy atom. The van der Waals surface area contributed by atoms with Crippen LogP contribution in [0.2, 0.25) is 5.02 Å². The average Bonchev–Trinajstić information content (AvgIpc) is 2.31. The summed E-state index contributed by atoms with van der Waals surface area (Å²) < 4.78 is 0. The summed E-state index contributed by atoms with van der Waals surface area (Å²) in [5.74, 6) is -0.144. The van der Waals surface area contributed by atoms with Crippen molar-refractivity contribution in [1.29, 1.82) is 0 Å². The normalized spacial score (nSPS) is 10.1. The van der Waals surface area contributed by atoms with Crippen molar-refractivity contribution < 1.29 is 9.72 Å². The van der Waals surface area contributed by atoms with E-state index in [1.807, 2.05) is 6.92 Å². The van der Waals surface area contributed by atoms with E-state index in [1.54, 1.807) is 12.1 Å². The number of nitro benzene ring substituents is 1. The molecule has 0 heterocycles. The van der Waals surface area contributed by atoms with E-state index in [4.69, 9.17) is 11.6 Å². The fraction of sp³-hybridized carbons (Fsp3) is 0.364. The van der Waals surface area contributed by atoms with Crippen LogP contribution in [0.5, 0.6) is 0 Å². The van der Waals surface area contributed by atoms with Gasteiger partial charge in [-0.2, -0.15) is 0 Å². The quantitative estimate of drug-likeness (QED) is 0.606. The van der Waals surface area contributed by atoms with E-state index in [1.165, 1.54) is 6.07 Å². The maximum atomic E-state index is 11.2. The van der Waals surface area contributed by atoms with E-state index in [0.29, 0.717) is 17.1 Å². The van der Waals surface area contributed by atoms with Crippen molar-refractivity contribution in [2.24, 2.45) is 0 Å². The highest BCUT2D eigenvalue weighted by molar-refractivity contribution is 6.30. The van der Waals surface area contributed by atoms with E-state index < -0.39 is 4.92 Å². The molecule has 0 bridgehead atoms. The summed E-state index contributed by atoms with van der Waals surface area (Å²) in [6.07, 6.45) is 0. The summed E-state index contributed by atoms with van der Waals surface area (Å²) >= 11 is 5.70. The molecule has 0 spiro atoms. The number of nitro groups is 1. The predicted molar refractivity (Wildman–Crippen MR) is 68.5 cm³/mol. The molecule has 0 saturated carbocycles. The van der Waals surface area contributed by atoms with Gasteiger partial charge < -0.3 is 10.6 Å². The van der Waals surface area contributed by atoms with Crippen molar-refractivity contribution in [1.82, 2.24) is 10.6 Å². The zero-order chi connectivity index (χ0) is 13.5. The molecule has 0 aromatic heterocycles. The first kappa shape index (κ1) is 14.4. The van der Waals surface area contributed by atoms with Gasteiger partial charge in [0.15, 0.2) is 0 Å². The van der Waals surface area contributed by atoms with Gasteiger partial charge in [0.25, 0.3) is 5.69 Å². The smallest absolute Gasteiger partial charge is 0.275 e. The van der Waals surface area contributed by atoms with Gasteiger partial charge in [0.05, 0.1) is 11.5 Å². The van der Waals surface area contributed by atoms with E-state index in [0.717, 1.165) is 0 Å². The van der Waals surface area contributed by atoms with Crippen LogP contribution >= 0.6 is 11.6 Å². The number of likely N-dealkylation sites (N-methyl/N-ethyl adjacent to an activating group) is 1. The Balaban J connectivity index is 2.62. The summed E-state index contributed by atoms with van der Waals surface area (Å²) in [6, 6.07) is 4.45. The Bertz CT molecular complexity index is 451. The molecule has 7 heteroatoms. The van der Waals surface area contributed by atoms with E-state index >= 15 is 0 Å². The summed E-state index contributed by atoms with van der Waals surface area (Å²) in [4.78, 5) is 21.5. The van der Waals surface area contributed by atoms with Crippen molar-refractivity contribution in [2.45, 2.75) is 13.5 Å². The van der Waals surface area contributed by atoms with Crippen LogP contribution in [0.3, 0.4) is 0 Å². The van der Waals surface area contributed by atoms with Gasteiger partial charge in [-0.15, -0.1) is 0 Å². The largest absolute Gasteiger partial charge is 0.355 e. The molecular formula is C11H14ClN3O3. The summed E-state index contributed by atoms with van der Waals surface area (Å²) in [6.45, 7) is 2.74. The highest BCUT2D eigenvalue weighted by atomic mass is 35.5. The molecule has 0 aliphatic heterocycles. The number of amides is 1. The average molecular weight is 272 g/mol. The zero-order valence-corrected chi connectivity index (χ0v) is 10.7. The van der Waals surface area contributed by atoms with Crippen LogP contribution in [-0.2, 0) is 11.3 Å². The first-order valence-electron chi connectivity index (χ1n) is 5.44.